The molecule has 0 fully saturated rings. The number of amides is 1. The van der Waals surface area contributed by atoms with E-state index >= 15 is 0 Å². The molecule has 0 aliphatic rings. The van der Waals surface area contributed by atoms with Crippen molar-refractivity contribution in [3.63, 3.8) is 0 Å². The predicted molar refractivity (Wildman–Crippen MR) is 87.7 cm³/mol. The van der Waals surface area contributed by atoms with E-state index in [0.717, 1.165) is 16.4 Å². The Balaban J connectivity index is 1.96. The summed E-state index contributed by atoms with van der Waals surface area (Å²) in [7, 11) is 0. The number of nitrogens with one attached hydrogen (secondary N) is 2. The van der Waals surface area contributed by atoms with Gasteiger partial charge in [-0.1, -0.05) is 18.2 Å². The summed E-state index contributed by atoms with van der Waals surface area (Å²) in [6.45, 7) is 7.94. The van der Waals surface area contributed by atoms with Crippen LogP contribution in [0.1, 0.15) is 35.5 Å². The van der Waals surface area contributed by atoms with Crippen LogP contribution in [0.2, 0.25) is 0 Å². The molecule has 112 valence electrons. The first-order chi connectivity index (χ1) is 9.97. The highest BCUT2D eigenvalue weighted by atomic mass is 32.1. The van der Waals surface area contributed by atoms with Crippen LogP contribution < -0.4 is 10.6 Å². The Morgan fingerprint density at radius 2 is 1.86 bits per heavy atom. The van der Waals surface area contributed by atoms with E-state index in [4.69, 9.17) is 0 Å². The minimum absolute atomic E-state index is 0.0352. The topological polar surface area (TPSA) is 54.0 Å². The maximum atomic E-state index is 12.2. The van der Waals surface area contributed by atoms with Crippen LogP contribution in [0.3, 0.4) is 0 Å². The second-order valence-electron chi connectivity index (χ2n) is 5.15. The lowest BCUT2D eigenvalue weighted by molar-refractivity contribution is -0.117. The zero-order valence-corrected chi connectivity index (χ0v) is 13.6. The van der Waals surface area contributed by atoms with Crippen LogP contribution in [0, 0.1) is 13.8 Å². The summed E-state index contributed by atoms with van der Waals surface area (Å²) in [6, 6.07) is 9.32. The van der Waals surface area contributed by atoms with E-state index in [1.807, 2.05) is 51.1 Å². The first-order valence-corrected chi connectivity index (χ1v) is 7.85. The van der Waals surface area contributed by atoms with E-state index in [1.165, 1.54) is 4.88 Å². The van der Waals surface area contributed by atoms with Crippen LogP contribution in [-0.4, -0.2) is 16.9 Å². The summed E-state index contributed by atoms with van der Waals surface area (Å²) in [4.78, 5) is 17.8. The van der Waals surface area contributed by atoms with Crippen molar-refractivity contribution in [2.45, 2.75) is 39.8 Å². The zero-order valence-electron chi connectivity index (χ0n) is 12.8. The first-order valence-electron chi connectivity index (χ1n) is 7.03. The molecule has 2 aromatic rings. The number of aromatic nitrogens is 1. The summed E-state index contributed by atoms with van der Waals surface area (Å²) in [5.41, 5.74) is 1.85. The number of thiazole rings is 1. The lowest BCUT2D eigenvalue weighted by atomic mass is 10.2. The average Bonchev–Trinajstić information content (AvgIpc) is 2.78. The normalized spacial score (nSPS) is 13.7. The summed E-state index contributed by atoms with van der Waals surface area (Å²) >= 11 is 1.67. The smallest absolute Gasteiger partial charge is 0.241 e. The molecule has 5 heteroatoms. The molecule has 0 radical (unpaired) electrons. The van der Waals surface area contributed by atoms with Crippen molar-refractivity contribution in [1.29, 1.82) is 0 Å². The monoisotopic (exact) mass is 303 g/mol. The Hall–Kier alpha value is -1.72. The Kier molecular flexibility index (Phi) is 5.09. The fourth-order valence-electron chi connectivity index (χ4n) is 2.25. The van der Waals surface area contributed by atoms with Gasteiger partial charge in [-0.2, -0.15) is 0 Å². The number of carbonyl (C=O) groups is 1. The highest BCUT2D eigenvalue weighted by molar-refractivity contribution is 7.11. The Morgan fingerprint density at radius 3 is 2.43 bits per heavy atom. The minimum Gasteiger partial charge on any atom is -0.325 e. The van der Waals surface area contributed by atoms with Gasteiger partial charge in [-0.15, -0.1) is 11.3 Å². The van der Waals surface area contributed by atoms with Crippen molar-refractivity contribution in [2.75, 3.05) is 5.32 Å². The molecule has 0 aliphatic carbocycles. The van der Waals surface area contributed by atoms with Gasteiger partial charge in [0.15, 0.2) is 0 Å². The largest absolute Gasteiger partial charge is 0.325 e. The number of hydrogen-bond donors (Lipinski definition) is 2. The summed E-state index contributed by atoms with van der Waals surface area (Å²) < 4.78 is 0. The lowest BCUT2D eigenvalue weighted by Crippen LogP contribution is -2.39. The van der Waals surface area contributed by atoms with Gasteiger partial charge in [-0.3, -0.25) is 10.1 Å². The molecule has 0 spiro atoms. The molecule has 0 saturated carbocycles. The Bertz CT molecular complexity index is 609. The zero-order chi connectivity index (χ0) is 15.4. The molecule has 0 bridgehead atoms. The number of anilines is 1. The van der Waals surface area contributed by atoms with Crippen LogP contribution in [0.25, 0.3) is 0 Å². The van der Waals surface area contributed by atoms with Gasteiger partial charge in [0.25, 0.3) is 0 Å². The highest BCUT2D eigenvalue weighted by Gasteiger charge is 2.19. The lowest BCUT2D eigenvalue weighted by Gasteiger charge is -2.19. The third-order valence-corrected chi connectivity index (χ3v) is 4.52. The molecule has 21 heavy (non-hydrogen) atoms. The molecule has 2 N–H and O–H groups in total. The van der Waals surface area contributed by atoms with Crippen LogP contribution >= 0.6 is 11.3 Å². The second kappa shape index (κ2) is 6.83. The van der Waals surface area contributed by atoms with Gasteiger partial charge in [0, 0.05) is 16.6 Å². The van der Waals surface area contributed by atoms with Crippen molar-refractivity contribution in [3.05, 3.63) is 45.9 Å². The third kappa shape index (κ3) is 4.12. The summed E-state index contributed by atoms with van der Waals surface area (Å²) in [6.07, 6.45) is 0. The molecule has 0 saturated heterocycles. The maximum Gasteiger partial charge on any atom is 0.241 e. The van der Waals surface area contributed by atoms with Crippen LogP contribution in [-0.2, 0) is 4.79 Å². The first kappa shape index (κ1) is 15.7. The number of nitrogens with zero attached hydrogens (tertiary/aromatic N) is 1. The van der Waals surface area contributed by atoms with Crippen molar-refractivity contribution in [2.24, 2.45) is 0 Å². The second-order valence-corrected chi connectivity index (χ2v) is 6.38. The van der Waals surface area contributed by atoms with Gasteiger partial charge < -0.3 is 5.32 Å². The van der Waals surface area contributed by atoms with Gasteiger partial charge in [0.1, 0.15) is 0 Å². The fourth-order valence-corrected chi connectivity index (χ4v) is 3.19. The third-order valence-electron chi connectivity index (χ3n) is 3.27. The van der Waals surface area contributed by atoms with Gasteiger partial charge in [0.05, 0.1) is 16.7 Å². The van der Waals surface area contributed by atoms with Crippen molar-refractivity contribution >= 4 is 22.9 Å². The van der Waals surface area contributed by atoms with Gasteiger partial charge in [0.2, 0.25) is 5.91 Å². The standard InChI is InChI=1S/C16H21N3OS/c1-10(15-11(2)18-13(4)21-15)17-12(3)16(20)19-14-8-6-5-7-9-14/h5-10,12,17H,1-4H3,(H,19,20). The summed E-state index contributed by atoms with van der Waals surface area (Å²) in [5, 5.41) is 7.29. The van der Waals surface area contributed by atoms with E-state index < -0.39 is 0 Å². The van der Waals surface area contributed by atoms with E-state index in [-0.39, 0.29) is 18.0 Å². The molecule has 1 amide bonds. The van der Waals surface area contributed by atoms with Crippen molar-refractivity contribution < 1.29 is 4.79 Å². The van der Waals surface area contributed by atoms with Crippen LogP contribution in [0.15, 0.2) is 30.3 Å². The Morgan fingerprint density at radius 1 is 1.19 bits per heavy atom. The van der Waals surface area contributed by atoms with E-state index in [9.17, 15) is 4.79 Å². The average molecular weight is 303 g/mol. The van der Waals surface area contributed by atoms with Gasteiger partial charge >= 0.3 is 0 Å². The van der Waals surface area contributed by atoms with Crippen LogP contribution in [0.5, 0.6) is 0 Å². The number of benzene rings is 1. The van der Waals surface area contributed by atoms with Crippen molar-refractivity contribution in [1.82, 2.24) is 10.3 Å². The molecule has 0 aliphatic heterocycles. The number of aryl methyl sites for hydroxylation is 2. The van der Waals surface area contributed by atoms with Gasteiger partial charge in [-0.05, 0) is 39.8 Å². The molecular weight excluding hydrogens is 282 g/mol. The van der Waals surface area contributed by atoms with Crippen molar-refractivity contribution in [3.8, 4) is 0 Å². The van der Waals surface area contributed by atoms with Crippen LogP contribution in [0.4, 0.5) is 5.69 Å². The molecular formula is C16H21N3OS. The molecule has 2 rings (SSSR count). The molecule has 4 nitrogen and oxygen atoms in total. The maximum absolute atomic E-state index is 12.2. The highest BCUT2D eigenvalue weighted by Crippen LogP contribution is 2.24. The Labute approximate surface area is 129 Å². The molecule has 1 heterocycles. The van der Waals surface area contributed by atoms with E-state index in [2.05, 4.69) is 22.5 Å². The predicted octanol–water partition coefficient (Wildman–Crippen LogP) is 3.44. The number of rotatable bonds is 5. The summed E-state index contributed by atoms with van der Waals surface area (Å²) in [5.74, 6) is -0.0352. The minimum atomic E-state index is -0.276. The molecule has 2 unspecified atom stereocenters. The van der Waals surface area contributed by atoms with E-state index in [1.54, 1.807) is 11.3 Å². The van der Waals surface area contributed by atoms with E-state index in [0.29, 0.717) is 0 Å². The molecule has 2 atom stereocenters. The number of carbonyl (C=O) groups excluding carboxylic acids is 1. The quantitative estimate of drug-likeness (QED) is 0.889. The SMILES string of the molecule is Cc1nc(C)c(C(C)NC(C)C(=O)Nc2ccccc2)s1. The number of hydrogen-bond acceptors (Lipinski definition) is 4. The molecule has 1 aromatic heterocycles. The molecule has 1 aromatic carbocycles. The fraction of sp³-hybridized carbons (Fsp3) is 0.375. The number of para-hydroxylation sites is 1. The van der Waals surface area contributed by atoms with Gasteiger partial charge in [-0.25, -0.2) is 4.98 Å².